The Morgan fingerprint density at radius 1 is 1.09 bits per heavy atom. The van der Waals surface area contributed by atoms with Gasteiger partial charge in [0.05, 0.1) is 48.2 Å². The van der Waals surface area contributed by atoms with Crippen molar-refractivity contribution in [1.82, 2.24) is 24.5 Å². The molecule has 1 aliphatic heterocycles. The van der Waals surface area contributed by atoms with Crippen LogP contribution in [0, 0.1) is 0 Å². The molecule has 0 spiro atoms. The number of hydrogen-bond donors (Lipinski definition) is 2. The number of carboxylic acid groups (broad SMARTS) is 1. The molecule has 0 amide bonds. The Balaban J connectivity index is 1.54. The molecule has 0 bridgehead atoms. The summed E-state index contributed by atoms with van der Waals surface area (Å²) in [5, 5.41) is 12.3. The Morgan fingerprint density at radius 3 is 2.69 bits per heavy atom. The molecule has 1 aromatic carbocycles. The van der Waals surface area contributed by atoms with Crippen molar-refractivity contribution in [3.05, 3.63) is 54.6 Å². The van der Waals surface area contributed by atoms with Gasteiger partial charge in [0.1, 0.15) is 11.5 Å². The summed E-state index contributed by atoms with van der Waals surface area (Å²) in [4.78, 5) is 31.0. The Hall–Kier alpha value is -4.05. The molecule has 10 heteroatoms. The van der Waals surface area contributed by atoms with Crippen LogP contribution in [0.4, 0.5) is 17.5 Å². The lowest BCUT2D eigenvalue weighted by Gasteiger charge is -2.27. The minimum absolute atomic E-state index is 0.0163. The van der Waals surface area contributed by atoms with Gasteiger partial charge in [0.15, 0.2) is 0 Å². The molecule has 1 aliphatic rings. The lowest BCUT2D eigenvalue weighted by Crippen LogP contribution is -2.37. The standard InChI is InChI=1S/C22H21N7O3/c1-28-13-24-16-4-2-14(10-19(16)28)18-11-20(25-15-3-5-17(21(30)31)23-12-15)27-22(26-18)29-6-8-32-9-7-29/h2-5,10-13H,6-9H2,1H3,(H,30,31)(H,25,26,27). The van der Waals surface area contributed by atoms with Crippen LogP contribution in [-0.2, 0) is 11.8 Å². The Morgan fingerprint density at radius 2 is 1.94 bits per heavy atom. The minimum atomic E-state index is -1.07. The zero-order valence-corrected chi connectivity index (χ0v) is 17.4. The molecule has 10 nitrogen and oxygen atoms in total. The van der Waals surface area contributed by atoms with E-state index in [1.54, 1.807) is 12.4 Å². The second-order valence-electron chi connectivity index (χ2n) is 7.46. The van der Waals surface area contributed by atoms with E-state index in [1.165, 1.54) is 12.3 Å². The van der Waals surface area contributed by atoms with Crippen LogP contribution in [0.1, 0.15) is 10.5 Å². The van der Waals surface area contributed by atoms with E-state index in [9.17, 15) is 4.79 Å². The monoisotopic (exact) mass is 431 g/mol. The molecule has 0 unspecified atom stereocenters. The van der Waals surface area contributed by atoms with Crippen molar-refractivity contribution < 1.29 is 14.6 Å². The lowest BCUT2D eigenvalue weighted by molar-refractivity contribution is 0.0690. The highest BCUT2D eigenvalue weighted by atomic mass is 16.5. The van der Waals surface area contributed by atoms with E-state index in [-0.39, 0.29) is 5.69 Å². The molecular weight excluding hydrogens is 410 g/mol. The summed E-state index contributed by atoms with van der Waals surface area (Å²) in [5.74, 6) is 0.126. The summed E-state index contributed by atoms with van der Waals surface area (Å²) in [6.45, 7) is 2.66. The van der Waals surface area contributed by atoms with Gasteiger partial charge in [-0.05, 0) is 24.3 Å². The van der Waals surface area contributed by atoms with Crippen LogP contribution in [-0.4, -0.2) is 61.9 Å². The molecule has 2 N–H and O–H groups in total. The number of carboxylic acids is 1. The van der Waals surface area contributed by atoms with Gasteiger partial charge < -0.3 is 24.6 Å². The second kappa shape index (κ2) is 8.23. The largest absolute Gasteiger partial charge is 0.477 e. The minimum Gasteiger partial charge on any atom is -0.477 e. The zero-order valence-electron chi connectivity index (χ0n) is 17.4. The number of aromatic carboxylic acids is 1. The van der Waals surface area contributed by atoms with Gasteiger partial charge in [-0.2, -0.15) is 4.98 Å². The summed E-state index contributed by atoms with van der Waals surface area (Å²) >= 11 is 0. The average molecular weight is 431 g/mol. The molecule has 4 aromatic rings. The van der Waals surface area contributed by atoms with Crippen molar-refractivity contribution in [2.45, 2.75) is 0 Å². The molecule has 162 valence electrons. The third-order valence-corrected chi connectivity index (χ3v) is 5.28. The summed E-state index contributed by atoms with van der Waals surface area (Å²) in [6.07, 6.45) is 3.26. The third kappa shape index (κ3) is 3.95. The fraction of sp³-hybridized carbons (Fsp3) is 0.227. The number of aryl methyl sites for hydroxylation is 1. The number of hydrogen-bond acceptors (Lipinski definition) is 8. The van der Waals surface area contributed by atoms with Gasteiger partial charge in [0, 0.05) is 31.8 Å². The molecule has 32 heavy (non-hydrogen) atoms. The number of nitrogens with one attached hydrogen (secondary N) is 1. The fourth-order valence-electron chi connectivity index (χ4n) is 3.58. The predicted octanol–water partition coefficient (Wildman–Crippen LogP) is 2.70. The van der Waals surface area contributed by atoms with Crippen molar-refractivity contribution in [3.8, 4) is 11.3 Å². The molecular formula is C22H21N7O3. The van der Waals surface area contributed by atoms with Crippen LogP contribution in [0.5, 0.6) is 0 Å². The zero-order chi connectivity index (χ0) is 22.1. The number of imidazole rings is 1. The van der Waals surface area contributed by atoms with E-state index in [2.05, 4.69) is 26.3 Å². The van der Waals surface area contributed by atoms with E-state index >= 15 is 0 Å². The molecule has 0 atom stereocenters. The first kappa shape index (κ1) is 19.9. The Bertz CT molecular complexity index is 1280. The van der Waals surface area contributed by atoms with Crippen molar-refractivity contribution >= 4 is 34.5 Å². The summed E-state index contributed by atoms with van der Waals surface area (Å²) < 4.78 is 7.44. The highest BCUT2D eigenvalue weighted by Crippen LogP contribution is 2.27. The number of anilines is 3. The van der Waals surface area contributed by atoms with E-state index in [0.717, 1.165) is 22.3 Å². The van der Waals surface area contributed by atoms with Gasteiger partial charge in [-0.3, -0.25) is 0 Å². The fourth-order valence-corrected chi connectivity index (χ4v) is 3.58. The number of nitrogens with zero attached hydrogens (tertiary/aromatic N) is 6. The van der Waals surface area contributed by atoms with Crippen molar-refractivity contribution in [1.29, 1.82) is 0 Å². The number of benzene rings is 1. The number of fused-ring (bicyclic) bond motifs is 1. The topological polar surface area (TPSA) is 118 Å². The maximum atomic E-state index is 11.1. The second-order valence-corrected chi connectivity index (χ2v) is 7.46. The predicted molar refractivity (Wildman–Crippen MR) is 119 cm³/mol. The quantitative estimate of drug-likeness (QED) is 0.492. The highest BCUT2D eigenvalue weighted by molar-refractivity contribution is 5.85. The molecule has 1 fully saturated rings. The number of rotatable bonds is 5. The average Bonchev–Trinajstić information content (AvgIpc) is 3.20. The molecule has 0 saturated carbocycles. The summed E-state index contributed by atoms with van der Waals surface area (Å²) in [5.41, 5.74) is 4.26. The van der Waals surface area contributed by atoms with Crippen LogP contribution in [0.15, 0.2) is 48.9 Å². The SMILES string of the molecule is Cn1cnc2ccc(-c3cc(Nc4ccc(C(=O)O)nc4)nc(N4CCOCC4)n3)cc21. The van der Waals surface area contributed by atoms with Crippen molar-refractivity contribution in [2.75, 3.05) is 36.5 Å². The Kier molecular flexibility index (Phi) is 5.12. The number of morpholine rings is 1. The van der Waals surface area contributed by atoms with E-state index in [4.69, 9.17) is 19.8 Å². The van der Waals surface area contributed by atoms with Gasteiger partial charge in [0.2, 0.25) is 5.95 Å². The summed E-state index contributed by atoms with van der Waals surface area (Å²) in [7, 11) is 1.96. The van der Waals surface area contributed by atoms with Crippen LogP contribution in [0.3, 0.4) is 0 Å². The van der Waals surface area contributed by atoms with Gasteiger partial charge in [-0.15, -0.1) is 0 Å². The third-order valence-electron chi connectivity index (χ3n) is 5.28. The van der Waals surface area contributed by atoms with Gasteiger partial charge in [-0.1, -0.05) is 6.07 Å². The first-order valence-corrected chi connectivity index (χ1v) is 10.2. The van der Waals surface area contributed by atoms with Gasteiger partial charge in [-0.25, -0.2) is 19.7 Å². The Labute approximate surface area is 183 Å². The molecule has 1 saturated heterocycles. The van der Waals surface area contributed by atoms with Crippen LogP contribution in [0.2, 0.25) is 0 Å². The normalized spacial score (nSPS) is 14.0. The first-order valence-electron chi connectivity index (χ1n) is 10.2. The van der Waals surface area contributed by atoms with Crippen molar-refractivity contribution in [3.63, 3.8) is 0 Å². The van der Waals surface area contributed by atoms with Gasteiger partial charge >= 0.3 is 5.97 Å². The maximum absolute atomic E-state index is 11.1. The molecule has 5 rings (SSSR count). The molecule has 4 heterocycles. The molecule has 0 aliphatic carbocycles. The molecule has 3 aromatic heterocycles. The first-order chi connectivity index (χ1) is 15.6. The van der Waals surface area contributed by atoms with E-state index < -0.39 is 5.97 Å². The highest BCUT2D eigenvalue weighted by Gasteiger charge is 2.17. The smallest absolute Gasteiger partial charge is 0.354 e. The van der Waals surface area contributed by atoms with Crippen molar-refractivity contribution in [2.24, 2.45) is 7.05 Å². The lowest BCUT2D eigenvalue weighted by atomic mass is 10.1. The summed E-state index contributed by atoms with van der Waals surface area (Å²) in [6, 6.07) is 11.0. The van der Waals surface area contributed by atoms with E-state index in [1.807, 2.05) is 29.8 Å². The van der Waals surface area contributed by atoms with E-state index in [0.29, 0.717) is 43.8 Å². The number of pyridine rings is 1. The van der Waals surface area contributed by atoms with Crippen LogP contribution < -0.4 is 10.2 Å². The maximum Gasteiger partial charge on any atom is 0.354 e. The van der Waals surface area contributed by atoms with Gasteiger partial charge in [0.25, 0.3) is 0 Å². The molecule has 0 radical (unpaired) electrons. The number of ether oxygens (including phenoxy) is 1. The number of carbonyl (C=O) groups is 1. The van der Waals surface area contributed by atoms with Crippen LogP contribution in [0.25, 0.3) is 22.3 Å². The van der Waals surface area contributed by atoms with Crippen LogP contribution >= 0.6 is 0 Å². The number of aromatic nitrogens is 5.